The van der Waals surface area contributed by atoms with Crippen LogP contribution >= 0.6 is 0 Å². The second-order valence-corrected chi connectivity index (χ2v) is 2.05. The van der Waals surface area contributed by atoms with Gasteiger partial charge in [0.1, 0.15) is 0 Å². The molecule has 9 heavy (non-hydrogen) atoms. The molecule has 54 valence electrons. The lowest BCUT2D eigenvalue weighted by Crippen LogP contribution is -2.22. The van der Waals surface area contributed by atoms with E-state index in [2.05, 4.69) is 37.8 Å². The summed E-state index contributed by atoms with van der Waals surface area (Å²) in [5.41, 5.74) is 0. The van der Waals surface area contributed by atoms with E-state index < -0.39 is 0 Å². The molecule has 0 bridgehead atoms. The highest BCUT2D eigenvalue weighted by Crippen LogP contribution is 1.85. The van der Waals surface area contributed by atoms with Crippen molar-refractivity contribution in [2.24, 2.45) is 0 Å². The van der Waals surface area contributed by atoms with Crippen molar-refractivity contribution in [3.8, 4) is 0 Å². The van der Waals surface area contributed by atoms with Gasteiger partial charge in [0.25, 0.3) is 0 Å². The van der Waals surface area contributed by atoms with E-state index in [0.29, 0.717) is 0 Å². The molecule has 0 aliphatic carbocycles. The average Bonchev–Trinajstić information content (AvgIpc) is 1.91. The molecular formula is C8H17N. The summed E-state index contributed by atoms with van der Waals surface area (Å²) < 4.78 is 0. The van der Waals surface area contributed by atoms with Crippen molar-refractivity contribution in [3.05, 3.63) is 12.2 Å². The monoisotopic (exact) mass is 127 g/mol. The predicted molar refractivity (Wildman–Crippen MR) is 42.6 cm³/mol. The molecule has 0 aromatic rings. The van der Waals surface area contributed by atoms with Crippen molar-refractivity contribution in [1.82, 2.24) is 4.90 Å². The van der Waals surface area contributed by atoms with E-state index in [-0.39, 0.29) is 0 Å². The first-order chi connectivity index (χ1) is 4.35. The summed E-state index contributed by atoms with van der Waals surface area (Å²) in [5, 5.41) is 0. The minimum atomic E-state index is 1.10. The molecule has 0 N–H and O–H groups in total. The van der Waals surface area contributed by atoms with E-state index in [1.165, 1.54) is 0 Å². The first-order valence-electron chi connectivity index (χ1n) is 3.68. The van der Waals surface area contributed by atoms with Crippen LogP contribution in [0.4, 0.5) is 0 Å². The molecule has 0 heterocycles. The van der Waals surface area contributed by atoms with E-state index >= 15 is 0 Å². The number of allylic oxidation sites excluding steroid dienone is 1. The SMILES string of the molecule is CC=CCN(CC)CC. The fraction of sp³-hybridized carbons (Fsp3) is 0.750. The smallest absolute Gasteiger partial charge is 0.0162 e. The zero-order valence-electron chi connectivity index (χ0n) is 6.72. The van der Waals surface area contributed by atoms with E-state index in [1.54, 1.807) is 0 Å². The Morgan fingerprint density at radius 3 is 2.11 bits per heavy atom. The molecule has 1 heteroatoms. The van der Waals surface area contributed by atoms with Crippen LogP contribution in [0.3, 0.4) is 0 Å². The fourth-order valence-electron chi connectivity index (χ4n) is 0.736. The van der Waals surface area contributed by atoms with Gasteiger partial charge in [0, 0.05) is 6.54 Å². The summed E-state index contributed by atoms with van der Waals surface area (Å²) >= 11 is 0. The standard InChI is InChI=1S/C8H17N/c1-4-7-8-9(5-2)6-3/h4,7H,5-6,8H2,1-3H3. The van der Waals surface area contributed by atoms with Crippen LogP contribution in [0.5, 0.6) is 0 Å². The first kappa shape index (κ1) is 8.70. The molecule has 1 nitrogen and oxygen atoms in total. The number of hydrogen-bond donors (Lipinski definition) is 0. The lowest BCUT2D eigenvalue weighted by molar-refractivity contribution is 0.337. The Bertz CT molecular complexity index is 72.6. The van der Waals surface area contributed by atoms with Gasteiger partial charge in [-0.2, -0.15) is 0 Å². The van der Waals surface area contributed by atoms with Gasteiger partial charge in [-0.05, 0) is 20.0 Å². The molecule has 0 aliphatic heterocycles. The molecule has 0 saturated carbocycles. The van der Waals surface area contributed by atoms with Gasteiger partial charge in [-0.25, -0.2) is 0 Å². The van der Waals surface area contributed by atoms with Crippen LogP contribution < -0.4 is 0 Å². The Balaban J connectivity index is 3.31. The normalized spacial score (nSPS) is 11.6. The highest BCUT2D eigenvalue weighted by molar-refractivity contribution is 4.80. The number of likely N-dealkylation sites (N-methyl/N-ethyl adjacent to an activating group) is 1. The minimum Gasteiger partial charge on any atom is -0.300 e. The Hall–Kier alpha value is -0.300. The predicted octanol–water partition coefficient (Wildman–Crippen LogP) is 1.90. The highest BCUT2D eigenvalue weighted by atomic mass is 15.1. The van der Waals surface area contributed by atoms with Gasteiger partial charge in [0.15, 0.2) is 0 Å². The summed E-state index contributed by atoms with van der Waals surface area (Å²) in [5.74, 6) is 0. The van der Waals surface area contributed by atoms with E-state index in [4.69, 9.17) is 0 Å². The lowest BCUT2D eigenvalue weighted by atomic mass is 10.4. The van der Waals surface area contributed by atoms with Crippen molar-refractivity contribution in [1.29, 1.82) is 0 Å². The molecule has 0 rings (SSSR count). The molecule has 0 aromatic heterocycles. The van der Waals surface area contributed by atoms with Crippen molar-refractivity contribution >= 4 is 0 Å². The summed E-state index contributed by atoms with van der Waals surface area (Å²) in [6.45, 7) is 9.84. The quantitative estimate of drug-likeness (QED) is 0.521. The van der Waals surface area contributed by atoms with Crippen molar-refractivity contribution in [2.45, 2.75) is 20.8 Å². The molecule has 0 atom stereocenters. The Morgan fingerprint density at radius 1 is 1.22 bits per heavy atom. The van der Waals surface area contributed by atoms with Gasteiger partial charge < -0.3 is 4.90 Å². The van der Waals surface area contributed by atoms with Crippen molar-refractivity contribution in [2.75, 3.05) is 19.6 Å². The molecule has 0 aromatic carbocycles. The Kier molecular flexibility index (Phi) is 5.64. The highest BCUT2D eigenvalue weighted by Gasteiger charge is 1.91. The number of nitrogens with zero attached hydrogens (tertiary/aromatic N) is 1. The summed E-state index contributed by atoms with van der Waals surface area (Å²) in [4.78, 5) is 2.38. The Labute approximate surface area is 58.4 Å². The van der Waals surface area contributed by atoms with Crippen LogP contribution in [0.1, 0.15) is 20.8 Å². The largest absolute Gasteiger partial charge is 0.300 e. The van der Waals surface area contributed by atoms with Gasteiger partial charge in [-0.1, -0.05) is 26.0 Å². The Morgan fingerprint density at radius 2 is 1.78 bits per heavy atom. The second kappa shape index (κ2) is 5.83. The average molecular weight is 127 g/mol. The van der Waals surface area contributed by atoms with Crippen molar-refractivity contribution < 1.29 is 0 Å². The molecule has 0 aliphatic rings. The first-order valence-corrected chi connectivity index (χ1v) is 3.68. The molecule has 0 unspecified atom stereocenters. The molecule has 0 spiro atoms. The number of hydrogen-bond acceptors (Lipinski definition) is 1. The molecule has 0 amide bonds. The zero-order chi connectivity index (χ0) is 7.11. The molecule has 0 saturated heterocycles. The number of rotatable bonds is 4. The van der Waals surface area contributed by atoms with Crippen LogP contribution in [-0.2, 0) is 0 Å². The van der Waals surface area contributed by atoms with Gasteiger partial charge in [-0.3, -0.25) is 0 Å². The van der Waals surface area contributed by atoms with Gasteiger partial charge in [-0.15, -0.1) is 0 Å². The van der Waals surface area contributed by atoms with Crippen LogP contribution in [-0.4, -0.2) is 24.5 Å². The maximum atomic E-state index is 2.38. The van der Waals surface area contributed by atoms with E-state index in [0.717, 1.165) is 19.6 Å². The molecule has 0 fully saturated rings. The van der Waals surface area contributed by atoms with E-state index in [1.807, 2.05) is 0 Å². The van der Waals surface area contributed by atoms with Crippen molar-refractivity contribution in [3.63, 3.8) is 0 Å². The summed E-state index contributed by atoms with van der Waals surface area (Å²) in [6, 6.07) is 0. The molecule has 0 radical (unpaired) electrons. The van der Waals surface area contributed by atoms with Gasteiger partial charge >= 0.3 is 0 Å². The summed E-state index contributed by atoms with van der Waals surface area (Å²) in [6.07, 6.45) is 4.28. The fourth-order valence-corrected chi connectivity index (χ4v) is 0.736. The van der Waals surface area contributed by atoms with Crippen LogP contribution in [0.15, 0.2) is 12.2 Å². The maximum Gasteiger partial charge on any atom is 0.0162 e. The third-order valence-electron chi connectivity index (χ3n) is 1.49. The van der Waals surface area contributed by atoms with Crippen LogP contribution in [0.2, 0.25) is 0 Å². The topological polar surface area (TPSA) is 3.24 Å². The third-order valence-corrected chi connectivity index (χ3v) is 1.49. The van der Waals surface area contributed by atoms with Crippen LogP contribution in [0, 0.1) is 0 Å². The third kappa shape index (κ3) is 4.22. The van der Waals surface area contributed by atoms with Gasteiger partial charge in [0.05, 0.1) is 0 Å². The lowest BCUT2D eigenvalue weighted by Gasteiger charge is -2.14. The van der Waals surface area contributed by atoms with E-state index in [9.17, 15) is 0 Å². The minimum absolute atomic E-state index is 1.10. The van der Waals surface area contributed by atoms with Crippen LogP contribution in [0.25, 0.3) is 0 Å². The maximum absolute atomic E-state index is 2.38. The zero-order valence-corrected chi connectivity index (χ0v) is 6.72. The molecular weight excluding hydrogens is 110 g/mol. The summed E-state index contributed by atoms with van der Waals surface area (Å²) in [7, 11) is 0. The van der Waals surface area contributed by atoms with Gasteiger partial charge in [0.2, 0.25) is 0 Å². The second-order valence-electron chi connectivity index (χ2n) is 2.05.